The van der Waals surface area contributed by atoms with Gasteiger partial charge in [-0.05, 0) is 51.7 Å². The molecular weight excluding hydrogens is 250 g/mol. The summed E-state index contributed by atoms with van der Waals surface area (Å²) in [5, 5.41) is 3.28. The minimum Gasteiger partial charge on any atom is -0.382 e. The summed E-state index contributed by atoms with van der Waals surface area (Å²) in [6.07, 6.45) is 6.23. The van der Waals surface area contributed by atoms with E-state index in [1.165, 1.54) is 6.42 Å². The average Bonchev–Trinajstić information content (AvgIpc) is 2.46. The normalized spacial score (nSPS) is 19.2. The number of amides is 1. The van der Waals surface area contributed by atoms with Crippen LogP contribution in [0, 0.1) is 0 Å². The summed E-state index contributed by atoms with van der Waals surface area (Å²) < 4.78 is 0. The molecule has 20 heavy (non-hydrogen) atoms. The van der Waals surface area contributed by atoms with Crippen LogP contribution in [0.15, 0.2) is 18.3 Å². The first-order valence-corrected chi connectivity index (χ1v) is 7.65. The lowest BCUT2D eigenvalue weighted by molar-refractivity contribution is 0.0602. The van der Waals surface area contributed by atoms with E-state index in [0.717, 1.165) is 31.5 Å². The van der Waals surface area contributed by atoms with Gasteiger partial charge in [-0.3, -0.25) is 4.79 Å². The largest absolute Gasteiger partial charge is 0.382 e. The van der Waals surface area contributed by atoms with Crippen LogP contribution < -0.4 is 5.32 Å². The lowest BCUT2D eigenvalue weighted by atomic mass is 9.99. The smallest absolute Gasteiger partial charge is 0.272 e. The number of anilines is 1. The minimum absolute atomic E-state index is 0.0765. The second-order valence-electron chi connectivity index (χ2n) is 5.79. The topological polar surface area (TPSA) is 45.2 Å². The molecule has 1 aromatic heterocycles. The summed E-state index contributed by atoms with van der Waals surface area (Å²) in [4.78, 5) is 18.9. The van der Waals surface area contributed by atoms with E-state index in [2.05, 4.69) is 31.1 Å². The second kappa shape index (κ2) is 6.73. The fourth-order valence-electron chi connectivity index (χ4n) is 2.78. The maximum Gasteiger partial charge on any atom is 0.272 e. The Morgan fingerprint density at radius 3 is 2.85 bits per heavy atom. The quantitative estimate of drug-likeness (QED) is 0.917. The van der Waals surface area contributed by atoms with Crippen LogP contribution in [0.2, 0.25) is 0 Å². The third kappa shape index (κ3) is 3.50. The molecule has 4 nitrogen and oxygen atoms in total. The number of likely N-dealkylation sites (tertiary alicyclic amines) is 1. The molecule has 1 aromatic rings. The summed E-state index contributed by atoms with van der Waals surface area (Å²) in [6.45, 7) is 7.18. The van der Waals surface area contributed by atoms with Gasteiger partial charge >= 0.3 is 0 Å². The Morgan fingerprint density at radius 2 is 2.25 bits per heavy atom. The third-order valence-corrected chi connectivity index (χ3v) is 3.80. The van der Waals surface area contributed by atoms with Crippen LogP contribution in [0.5, 0.6) is 0 Å². The van der Waals surface area contributed by atoms with Gasteiger partial charge in [0, 0.05) is 18.6 Å². The predicted molar refractivity (Wildman–Crippen MR) is 82.0 cm³/mol. The van der Waals surface area contributed by atoms with Gasteiger partial charge < -0.3 is 10.2 Å². The van der Waals surface area contributed by atoms with Crippen molar-refractivity contribution in [3.8, 4) is 0 Å². The van der Waals surface area contributed by atoms with Crippen LogP contribution in [0.1, 0.15) is 56.9 Å². The van der Waals surface area contributed by atoms with E-state index in [-0.39, 0.29) is 5.91 Å². The van der Waals surface area contributed by atoms with Gasteiger partial charge in [-0.1, -0.05) is 6.92 Å². The van der Waals surface area contributed by atoms with Crippen LogP contribution in [0.4, 0.5) is 5.69 Å². The second-order valence-corrected chi connectivity index (χ2v) is 5.79. The average molecular weight is 275 g/mol. The van der Waals surface area contributed by atoms with Crippen molar-refractivity contribution in [3.05, 3.63) is 24.0 Å². The Balaban J connectivity index is 2.08. The third-order valence-electron chi connectivity index (χ3n) is 3.80. The van der Waals surface area contributed by atoms with E-state index in [9.17, 15) is 4.79 Å². The molecule has 1 fully saturated rings. The number of carbonyl (C=O) groups is 1. The molecule has 1 aliphatic rings. The molecule has 1 amide bonds. The molecule has 0 spiro atoms. The van der Waals surface area contributed by atoms with Crippen molar-refractivity contribution >= 4 is 11.6 Å². The molecule has 1 N–H and O–H groups in total. The fourth-order valence-corrected chi connectivity index (χ4v) is 2.78. The molecule has 4 heteroatoms. The first kappa shape index (κ1) is 14.8. The lowest BCUT2D eigenvalue weighted by Gasteiger charge is -2.35. The Kier molecular flexibility index (Phi) is 4.99. The van der Waals surface area contributed by atoms with Gasteiger partial charge in [0.1, 0.15) is 5.69 Å². The number of nitrogens with one attached hydrogen (secondary N) is 1. The van der Waals surface area contributed by atoms with Crippen molar-refractivity contribution in [2.24, 2.45) is 0 Å². The number of aromatic nitrogens is 1. The van der Waals surface area contributed by atoms with E-state index in [4.69, 9.17) is 0 Å². The van der Waals surface area contributed by atoms with Gasteiger partial charge in [0.25, 0.3) is 5.91 Å². The van der Waals surface area contributed by atoms with Crippen molar-refractivity contribution in [1.29, 1.82) is 0 Å². The van der Waals surface area contributed by atoms with E-state index >= 15 is 0 Å². The van der Waals surface area contributed by atoms with Gasteiger partial charge in [-0.25, -0.2) is 4.98 Å². The molecular formula is C16H25N3O. The number of hydrogen-bond donors (Lipinski definition) is 1. The highest BCUT2D eigenvalue weighted by Crippen LogP contribution is 2.21. The maximum absolute atomic E-state index is 12.5. The number of rotatable bonds is 4. The van der Waals surface area contributed by atoms with Gasteiger partial charge in [0.05, 0.1) is 11.9 Å². The van der Waals surface area contributed by atoms with Crippen LogP contribution in [0.25, 0.3) is 0 Å². The molecule has 0 bridgehead atoms. The molecule has 1 aliphatic heterocycles. The summed E-state index contributed by atoms with van der Waals surface area (Å²) in [6, 6.07) is 4.51. The van der Waals surface area contributed by atoms with E-state index in [0.29, 0.717) is 17.8 Å². The van der Waals surface area contributed by atoms with Crippen molar-refractivity contribution in [2.75, 3.05) is 11.9 Å². The zero-order chi connectivity index (χ0) is 14.5. The first-order chi connectivity index (χ1) is 9.61. The highest BCUT2D eigenvalue weighted by Gasteiger charge is 2.26. The lowest BCUT2D eigenvalue weighted by Crippen LogP contribution is -2.43. The zero-order valence-electron chi connectivity index (χ0n) is 12.7. The molecule has 0 aromatic carbocycles. The van der Waals surface area contributed by atoms with E-state index < -0.39 is 0 Å². The molecule has 1 saturated heterocycles. The zero-order valence-corrected chi connectivity index (χ0v) is 12.7. The van der Waals surface area contributed by atoms with Crippen molar-refractivity contribution in [1.82, 2.24) is 9.88 Å². The Morgan fingerprint density at radius 1 is 1.45 bits per heavy atom. The van der Waals surface area contributed by atoms with Crippen LogP contribution in [0.3, 0.4) is 0 Å². The van der Waals surface area contributed by atoms with Gasteiger partial charge in [0.15, 0.2) is 0 Å². The molecule has 0 saturated carbocycles. The van der Waals surface area contributed by atoms with E-state index in [1.807, 2.05) is 17.0 Å². The molecule has 110 valence electrons. The van der Waals surface area contributed by atoms with Crippen LogP contribution in [-0.4, -0.2) is 34.4 Å². The van der Waals surface area contributed by atoms with Gasteiger partial charge in [-0.2, -0.15) is 0 Å². The number of hydrogen-bond acceptors (Lipinski definition) is 3. The van der Waals surface area contributed by atoms with E-state index in [1.54, 1.807) is 6.20 Å². The minimum atomic E-state index is 0.0765. The van der Waals surface area contributed by atoms with Gasteiger partial charge in [-0.15, -0.1) is 0 Å². The number of nitrogens with zero attached hydrogens (tertiary/aromatic N) is 2. The van der Waals surface area contributed by atoms with Crippen molar-refractivity contribution in [3.63, 3.8) is 0 Å². The number of piperidine rings is 1. The Hall–Kier alpha value is -1.58. The highest BCUT2D eigenvalue weighted by atomic mass is 16.2. The van der Waals surface area contributed by atoms with Crippen molar-refractivity contribution < 1.29 is 4.79 Å². The Labute approximate surface area is 121 Å². The molecule has 2 heterocycles. The van der Waals surface area contributed by atoms with Crippen molar-refractivity contribution in [2.45, 2.75) is 58.5 Å². The predicted octanol–water partition coefficient (Wildman–Crippen LogP) is 3.31. The first-order valence-electron chi connectivity index (χ1n) is 7.65. The number of pyridine rings is 1. The summed E-state index contributed by atoms with van der Waals surface area (Å²) in [7, 11) is 0. The number of carbonyl (C=O) groups excluding carboxylic acids is 1. The monoisotopic (exact) mass is 275 g/mol. The Bertz CT molecular complexity index is 442. The molecule has 1 atom stereocenters. The molecule has 2 rings (SSSR count). The summed E-state index contributed by atoms with van der Waals surface area (Å²) in [5.41, 5.74) is 1.52. The summed E-state index contributed by atoms with van der Waals surface area (Å²) in [5.74, 6) is 0.0765. The van der Waals surface area contributed by atoms with Crippen LogP contribution >= 0.6 is 0 Å². The maximum atomic E-state index is 12.5. The highest BCUT2D eigenvalue weighted by molar-refractivity contribution is 5.92. The standard InChI is InChI=1S/C16H25N3O/c1-4-14-7-5-6-10-19(14)16(20)15-9-8-13(11-17-15)18-12(2)3/h8-9,11-12,14,18H,4-7,10H2,1-3H3. The molecule has 0 radical (unpaired) electrons. The SMILES string of the molecule is CCC1CCCCN1C(=O)c1ccc(NC(C)C)cn1. The van der Waals surface area contributed by atoms with Gasteiger partial charge in [0.2, 0.25) is 0 Å². The molecule has 0 aliphatic carbocycles. The van der Waals surface area contributed by atoms with Crippen LogP contribution in [-0.2, 0) is 0 Å². The fraction of sp³-hybridized carbons (Fsp3) is 0.625. The molecule has 1 unspecified atom stereocenters. The summed E-state index contributed by atoms with van der Waals surface area (Å²) >= 11 is 0.